The number of fused-ring (bicyclic) bond motifs is 1. The Hall–Kier alpha value is -4.44. The minimum absolute atomic E-state index is 0.0464. The number of benzene rings is 2. The summed E-state index contributed by atoms with van der Waals surface area (Å²) in [6.07, 6.45) is 3.21. The Morgan fingerprint density at radius 3 is 2.55 bits per heavy atom. The van der Waals surface area contributed by atoms with Gasteiger partial charge in [0.05, 0.1) is 17.6 Å². The number of nitrogens with one attached hydrogen (secondary N) is 2. The molecule has 40 heavy (non-hydrogen) atoms. The van der Waals surface area contributed by atoms with Crippen molar-refractivity contribution in [3.63, 3.8) is 0 Å². The van der Waals surface area contributed by atoms with Gasteiger partial charge in [0.1, 0.15) is 18.0 Å². The summed E-state index contributed by atoms with van der Waals surface area (Å²) in [6.45, 7) is 6.62. The Morgan fingerprint density at radius 2 is 1.77 bits per heavy atom. The summed E-state index contributed by atoms with van der Waals surface area (Å²) in [5.74, 6) is -1.39. The van der Waals surface area contributed by atoms with Gasteiger partial charge in [-0.1, -0.05) is 32.9 Å². The average molecular weight is 559 g/mol. The number of nitrogen functional groups attached to an aromatic ring is 1. The van der Waals surface area contributed by atoms with E-state index in [9.17, 15) is 13.6 Å². The summed E-state index contributed by atoms with van der Waals surface area (Å²) < 4.78 is 26.9. The van der Waals surface area contributed by atoms with Crippen LogP contribution in [-0.2, 0) is 18.5 Å². The fourth-order valence-electron chi connectivity index (χ4n) is 4.14. The fraction of sp³-hybridized carbons (Fsp3) is 0.200. The maximum atomic E-state index is 13.6. The summed E-state index contributed by atoms with van der Waals surface area (Å²) in [6, 6.07) is 15.3. The number of hydrogen-bond donors (Lipinski definition) is 3. The molecule has 0 spiro atoms. The standard InChI is InChI=1S/C30H28F2N6OS/c1-30(2,3)19-12-22(29(39)36-13-17-4-7-23(31)24(32)10-17)28(34-14-19)35-15-20-6-9-26(40-20)18-5-8-25-21(11-18)27(33)38-16-37-25/h4-12,14,16H,13,15H2,1-3H3,(H,34,35)(H,36,39)(H2,33,37,38). The third-order valence-corrected chi connectivity index (χ3v) is 7.61. The number of thiophene rings is 1. The highest BCUT2D eigenvalue weighted by Crippen LogP contribution is 2.32. The van der Waals surface area contributed by atoms with E-state index in [1.165, 1.54) is 12.4 Å². The smallest absolute Gasteiger partial charge is 0.255 e. The highest BCUT2D eigenvalue weighted by molar-refractivity contribution is 7.15. The first-order valence-electron chi connectivity index (χ1n) is 12.6. The lowest BCUT2D eigenvalue weighted by Gasteiger charge is -2.21. The van der Waals surface area contributed by atoms with Crippen molar-refractivity contribution in [2.75, 3.05) is 11.1 Å². The lowest BCUT2D eigenvalue weighted by molar-refractivity contribution is 0.0951. The number of carbonyl (C=O) groups is 1. The van der Waals surface area contributed by atoms with Crippen LogP contribution in [0.3, 0.4) is 0 Å². The molecule has 2 aromatic carbocycles. The zero-order valence-corrected chi connectivity index (χ0v) is 23.1. The normalized spacial score (nSPS) is 11.5. The van der Waals surface area contributed by atoms with Gasteiger partial charge in [-0.3, -0.25) is 4.79 Å². The van der Waals surface area contributed by atoms with Gasteiger partial charge in [-0.2, -0.15) is 0 Å². The second-order valence-corrected chi connectivity index (χ2v) is 11.6. The van der Waals surface area contributed by atoms with Crippen LogP contribution >= 0.6 is 11.3 Å². The molecule has 0 fully saturated rings. The molecule has 0 atom stereocenters. The van der Waals surface area contributed by atoms with Crippen LogP contribution in [0.25, 0.3) is 21.3 Å². The predicted octanol–water partition coefficient (Wildman–Crippen LogP) is 6.45. The number of aromatic nitrogens is 3. The Balaban J connectivity index is 1.34. The molecule has 0 saturated heterocycles. The number of hydrogen-bond acceptors (Lipinski definition) is 7. The lowest BCUT2D eigenvalue weighted by Crippen LogP contribution is -2.25. The van der Waals surface area contributed by atoms with Crippen LogP contribution in [0.4, 0.5) is 20.4 Å². The second-order valence-electron chi connectivity index (χ2n) is 10.4. The van der Waals surface area contributed by atoms with Gasteiger partial charge in [-0.25, -0.2) is 23.7 Å². The van der Waals surface area contributed by atoms with Crippen molar-refractivity contribution >= 4 is 39.8 Å². The first-order chi connectivity index (χ1) is 19.1. The zero-order chi connectivity index (χ0) is 28.4. The topological polar surface area (TPSA) is 106 Å². The van der Waals surface area contributed by atoms with Gasteiger partial charge < -0.3 is 16.4 Å². The molecule has 0 aliphatic heterocycles. The zero-order valence-electron chi connectivity index (χ0n) is 22.3. The quantitative estimate of drug-likeness (QED) is 0.212. The Bertz CT molecular complexity index is 1710. The number of anilines is 2. The number of pyridine rings is 1. The molecule has 7 nitrogen and oxygen atoms in total. The molecule has 0 aliphatic rings. The van der Waals surface area contributed by atoms with Crippen LogP contribution < -0.4 is 16.4 Å². The number of nitrogens with two attached hydrogens (primary N) is 1. The van der Waals surface area contributed by atoms with Gasteiger partial charge in [0.2, 0.25) is 0 Å². The highest BCUT2D eigenvalue weighted by Gasteiger charge is 2.20. The Morgan fingerprint density at radius 1 is 0.950 bits per heavy atom. The third-order valence-electron chi connectivity index (χ3n) is 6.48. The minimum Gasteiger partial charge on any atom is -0.383 e. The van der Waals surface area contributed by atoms with Crippen molar-refractivity contribution in [1.82, 2.24) is 20.3 Å². The minimum atomic E-state index is -0.957. The van der Waals surface area contributed by atoms with E-state index >= 15 is 0 Å². The number of rotatable bonds is 7. The van der Waals surface area contributed by atoms with Crippen molar-refractivity contribution in [2.45, 2.75) is 39.3 Å². The molecule has 4 N–H and O–H groups in total. The van der Waals surface area contributed by atoms with E-state index in [0.717, 1.165) is 43.9 Å². The van der Waals surface area contributed by atoms with E-state index in [1.807, 2.05) is 57.2 Å². The summed E-state index contributed by atoms with van der Waals surface area (Å²) >= 11 is 1.61. The summed E-state index contributed by atoms with van der Waals surface area (Å²) in [5, 5.41) is 6.90. The van der Waals surface area contributed by atoms with Gasteiger partial charge in [0.25, 0.3) is 5.91 Å². The lowest BCUT2D eigenvalue weighted by atomic mass is 9.87. The molecule has 0 bridgehead atoms. The van der Waals surface area contributed by atoms with E-state index in [-0.39, 0.29) is 17.9 Å². The molecular weight excluding hydrogens is 530 g/mol. The van der Waals surface area contributed by atoms with Gasteiger partial charge in [0, 0.05) is 27.9 Å². The molecular formula is C30H28F2N6OS. The van der Waals surface area contributed by atoms with Crippen LogP contribution in [0.1, 0.15) is 47.1 Å². The Kier molecular flexibility index (Phi) is 7.44. The van der Waals surface area contributed by atoms with Gasteiger partial charge in [-0.05, 0) is 64.6 Å². The largest absolute Gasteiger partial charge is 0.383 e. The van der Waals surface area contributed by atoms with Crippen LogP contribution in [-0.4, -0.2) is 20.9 Å². The molecule has 204 valence electrons. The van der Waals surface area contributed by atoms with Crippen LogP contribution in [0.2, 0.25) is 0 Å². The summed E-state index contributed by atoms with van der Waals surface area (Å²) in [7, 11) is 0. The monoisotopic (exact) mass is 558 g/mol. The Labute approximate surface area is 234 Å². The summed E-state index contributed by atoms with van der Waals surface area (Å²) in [4.78, 5) is 28.2. The molecule has 0 saturated carbocycles. The molecule has 3 aromatic heterocycles. The SMILES string of the molecule is CC(C)(C)c1cnc(NCc2ccc(-c3ccc4ncnc(N)c4c3)s2)c(C(=O)NCc2ccc(F)c(F)c2)c1. The number of halogens is 2. The van der Waals surface area contributed by atoms with E-state index in [4.69, 9.17) is 5.73 Å². The fourth-order valence-corrected chi connectivity index (χ4v) is 5.09. The molecule has 1 amide bonds. The van der Waals surface area contributed by atoms with Crippen molar-refractivity contribution < 1.29 is 13.6 Å². The van der Waals surface area contributed by atoms with Crippen LogP contribution in [0, 0.1) is 11.6 Å². The van der Waals surface area contributed by atoms with Gasteiger partial charge in [0.15, 0.2) is 11.6 Å². The third kappa shape index (κ3) is 5.91. The number of amides is 1. The van der Waals surface area contributed by atoms with Crippen molar-refractivity contribution in [3.8, 4) is 10.4 Å². The second kappa shape index (κ2) is 11.0. The van der Waals surface area contributed by atoms with E-state index in [1.54, 1.807) is 17.5 Å². The molecule has 3 heterocycles. The highest BCUT2D eigenvalue weighted by atomic mass is 32.1. The van der Waals surface area contributed by atoms with Crippen molar-refractivity contribution in [1.29, 1.82) is 0 Å². The first kappa shape index (κ1) is 27.1. The maximum Gasteiger partial charge on any atom is 0.255 e. The first-order valence-corrected chi connectivity index (χ1v) is 13.5. The van der Waals surface area contributed by atoms with E-state index < -0.39 is 11.6 Å². The van der Waals surface area contributed by atoms with E-state index in [2.05, 4.69) is 25.6 Å². The van der Waals surface area contributed by atoms with Gasteiger partial charge >= 0.3 is 0 Å². The maximum absolute atomic E-state index is 13.6. The van der Waals surface area contributed by atoms with Crippen molar-refractivity contribution in [3.05, 3.63) is 100 Å². The van der Waals surface area contributed by atoms with Crippen molar-refractivity contribution in [2.24, 2.45) is 0 Å². The van der Waals surface area contributed by atoms with Crippen LogP contribution in [0.5, 0.6) is 0 Å². The molecule has 5 rings (SSSR count). The molecule has 0 radical (unpaired) electrons. The van der Waals surface area contributed by atoms with Gasteiger partial charge in [-0.15, -0.1) is 11.3 Å². The van der Waals surface area contributed by atoms with Crippen LogP contribution in [0.15, 0.2) is 67.1 Å². The summed E-state index contributed by atoms with van der Waals surface area (Å²) in [5.41, 5.74) is 9.33. The average Bonchev–Trinajstić information content (AvgIpc) is 3.41. The number of nitrogens with zero attached hydrogens (tertiary/aromatic N) is 3. The number of carbonyl (C=O) groups excluding carboxylic acids is 1. The molecule has 0 unspecified atom stereocenters. The molecule has 10 heteroatoms. The predicted molar refractivity (Wildman–Crippen MR) is 155 cm³/mol. The molecule has 0 aliphatic carbocycles. The van der Waals surface area contributed by atoms with E-state index in [0.29, 0.717) is 29.3 Å². The molecule has 5 aromatic rings.